The summed E-state index contributed by atoms with van der Waals surface area (Å²) in [5.41, 5.74) is -1.32. The van der Waals surface area contributed by atoms with Crippen LogP contribution >= 0.6 is 0 Å². The smallest absolute Gasteiger partial charge is 0.345 e. The van der Waals surface area contributed by atoms with Crippen molar-refractivity contribution in [3.05, 3.63) is 89.0 Å². The number of nitrogens with one attached hydrogen (secondary N) is 2. The molecule has 0 saturated heterocycles. The second-order valence-electron chi connectivity index (χ2n) is 7.05. The van der Waals surface area contributed by atoms with E-state index in [-0.39, 0.29) is 5.56 Å². The number of aromatic amines is 1. The Morgan fingerprint density at radius 2 is 1.76 bits per heavy atom. The highest BCUT2D eigenvalue weighted by atomic mass is 32.2. The van der Waals surface area contributed by atoms with E-state index in [0.717, 1.165) is 18.2 Å². The number of aromatic nitrogens is 2. The highest BCUT2D eigenvalue weighted by Crippen LogP contribution is 2.31. The van der Waals surface area contributed by atoms with Crippen LogP contribution in [0.5, 0.6) is 0 Å². The number of sulfonamides is 1. The molecular weight excluding hydrogens is 474 g/mol. The van der Waals surface area contributed by atoms with Crippen LogP contribution in [0.4, 0.5) is 23.2 Å². The average molecular weight is 487 g/mol. The SMILES string of the molecule is C#Cc1ccnc2[nH]cc(C(=O)c3cccc(NS(=O)(=O)c4ccc(C(F)(F)F)cc4)c3F)c12. The quantitative estimate of drug-likeness (QED) is 0.242. The van der Waals surface area contributed by atoms with Crippen LogP contribution in [0, 0.1) is 18.2 Å². The third-order valence-electron chi connectivity index (χ3n) is 4.95. The Morgan fingerprint density at radius 3 is 2.41 bits per heavy atom. The van der Waals surface area contributed by atoms with Gasteiger partial charge < -0.3 is 4.98 Å². The zero-order valence-electron chi connectivity index (χ0n) is 16.9. The number of fused-ring (bicyclic) bond motifs is 1. The first-order valence-electron chi connectivity index (χ1n) is 9.49. The molecule has 0 atom stereocenters. The first kappa shape index (κ1) is 23.0. The van der Waals surface area contributed by atoms with Gasteiger partial charge in [-0.1, -0.05) is 12.0 Å². The van der Waals surface area contributed by atoms with Crippen molar-refractivity contribution < 1.29 is 30.8 Å². The van der Waals surface area contributed by atoms with Crippen LogP contribution in [0.2, 0.25) is 0 Å². The molecule has 0 unspecified atom stereocenters. The van der Waals surface area contributed by atoms with Gasteiger partial charge in [0.1, 0.15) is 5.65 Å². The number of carbonyl (C=O) groups is 1. The molecule has 2 heterocycles. The minimum Gasteiger partial charge on any atom is -0.345 e. The van der Waals surface area contributed by atoms with Gasteiger partial charge in [0, 0.05) is 23.3 Å². The summed E-state index contributed by atoms with van der Waals surface area (Å²) in [7, 11) is -4.45. The third kappa shape index (κ3) is 4.11. The predicted molar refractivity (Wildman–Crippen MR) is 116 cm³/mol. The summed E-state index contributed by atoms with van der Waals surface area (Å²) in [6.45, 7) is 0. The number of ketones is 1. The van der Waals surface area contributed by atoms with E-state index in [1.165, 1.54) is 30.6 Å². The fourth-order valence-corrected chi connectivity index (χ4v) is 4.37. The van der Waals surface area contributed by atoms with E-state index in [4.69, 9.17) is 6.42 Å². The zero-order valence-corrected chi connectivity index (χ0v) is 17.8. The lowest BCUT2D eigenvalue weighted by molar-refractivity contribution is -0.137. The maximum atomic E-state index is 15.2. The van der Waals surface area contributed by atoms with Gasteiger partial charge in [0.05, 0.1) is 27.3 Å². The van der Waals surface area contributed by atoms with E-state index in [2.05, 4.69) is 15.9 Å². The standard InChI is InChI=1S/C23H13F4N3O3S/c1-2-13-10-11-28-22-19(13)17(12-29-22)21(31)16-4-3-5-18(20(16)24)30-34(32,33)15-8-6-14(7-9-15)23(25,26)27/h1,3-12,30H,(H,28,29). The highest BCUT2D eigenvalue weighted by Gasteiger charge is 2.31. The van der Waals surface area contributed by atoms with Crippen molar-refractivity contribution in [1.29, 1.82) is 0 Å². The molecule has 2 aromatic carbocycles. The molecule has 4 rings (SSSR count). The van der Waals surface area contributed by atoms with E-state index >= 15 is 4.39 Å². The normalized spacial score (nSPS) is 11.9. The number of H-pyrrole nitrogens is 1. The number of hydrogen-bond donors (Lipinski definition) is 2. The van der Waals surface area contributed by atoms with Crippen LogP contribution in [0.1, 0.15) is 27.0 Å². The number of alkyl halides is 3. The van der Waals surface area contributed by atoms with Crippen molar-refractivity contribution >= 4 is 32.5 Å². The van der Waals surface area contributed by atoms with E-state index < -0.39 is 49.5 Å². The van der Waals surface area contributed by atoms with Gasteiger partial charge in [0.2, 0.25) is 0 Å². The van der Waals surface area contributed by atoms with Crippen LogP contribution in [0.3, 0.4) is 0 Å². The molecule has 0 fully saturated rings. The van der Waals surface area contributed by atoms with Crippen LogP contribution in [-0.2, 0) is 16.2 Å². The fourth-order valence-electron chi connectivity index (χ4n) is 3.31. The molecule has 2 aromatic heterocycles. The van der Waals surface area contributed by atoms with E-state index in [9.17, 15) is 26.4 Å². The highest BCUT2D eigenvalue weighted by molar-refractivity contribution is 7.92. The Labute approximate surface area is 190 Å². The molecule has 0 aliphatic carbocycles. The van der Waals surface area contributed by atoms with Crippen molar-refractivity contribution in [2.45, 2.75) is 11.1 Å². The minimum absolute atomic E-state index is 0.0395. The number of benzene rings is 2. The number of rotatable bonds is 5. The largest absolute Gasteiger partial charge is 0.416 e. The fraction of sp³-hybridized carbons (Fsp3) is 0.0435. The van der Waals surface area contributed by atoms with Crippen LogP contribution < -0.4 is 4.72 Å². The van der Waals surface area contributed by atoms with Crippen molar-refractivity contribution in [2.75, 3.05) is 4.72 Å². The Hall–Kier alpha value is -4.17. The number of carbonyl (C=O) groups excluding carboxylic acids is 1. The van der Waals surface area contributed by atoms with Crippen molar-refractivity contribution in [3.8, 4) is 12.3 Å². The molecule has 0 radical (unpaired) electrons. The lowest BCUT2D eigenvalue weighted by Crippen LogP contribution is -2.16. The molecule has 2 N–H and O–H groups in total. The summed E-state index contributed by atoms with van der Waals surface area (Å²) in [5, 5.41) is 0.310. The van der Waals surface area contributed by atoms with Crippen LogP contribution in [-0.4, -0.2) is 24.2 Å². The summed E-state index contributed by atoms with van der Waals surface area (Å²) < 4.78 is 80.6. The van der Waals surface area contributed by atoms with Crippen LogP contribution in [0.25, 0.3) is 11.0 Å². The number of anilines is 1. The monoisotopic (exact) mass is 487 g/mol. The van der Waals surface area contributed by atoms with Crippen molar-refractivity contribution in [2.24, 2.45) is 0 Å². The Bertz CT molecular complexity index is 1570. The molecule has 0 amide bonds. The molecule has 34 heavy (non-hydrogen) atoms. The molecule has 172 valence electrons. The molecular formula is C23H13F4N3O3S. The maximum Gasteiger partial charge on any atom is 0.416 e. The maximum absolute atomic E-state index is 15.2. The van der Waals surface area contributed by atoms with Gasteiger partial charge in [-0.3, -0.25) is 9.52 Å². The van der Waals surface area contributed by atoms with Gasteiger partial charge >= 0.3 is 6.18 Å². The second-order valence-corrected chi connectivity index (χ2v) is 8.74. The predicted octanol–water partition coefficient (Wildman–Crippen LogP) is 4.73. The number of hydrogen-bond acceptors (Lipinski definition) is 4. The number of halogens is 4. The van der Waals surface area contributed by atoms with Gasteiger partial charge in [-0.15, -0.1) is 6.42 Å². The minimum atomic E-state index is -4.65. The van der Waals surface area contributed by atoms with Crippen LogP contribution in [0.15, 0.2) is 65.8 Å². The molecule has 0 bridgehead atoms. The lowest BCUT2D eigenvalue weighted by atomic mass is 10.00. The molecule has 4 aromatic rings. The van der Waals surface area contributed by atoms with Gasteiger partial charge in [-0.25, -0.2) is 17.8 Å². The van der Waals surface area contributed by atoms with Crippen molar-refractivity contribution in [1.82, 2.24) is 9.97 Å². The Kier molecular flexibility index (Phi) is 5.62. The molecule has 0 aliphatic heterocycles. The second kappa shape index (κ2) is 8.31. The number of nitrogens with zero attached hydrogens (tertiary/aromatic N) is 1. The molecule has 11 heteroatoms. The van der Waals surface area contributed by atoms with E-state index in [1.54, 1.807) is 0 Å². The van der Waals surface area contributed by atoms with Gasteiger partial charge in [-0.05, 0) is 42.5 Å². The van der Waals surface area contributed by atoms with Gasteiger partial charge in [0.25, 0.3) is 10.0 Å². The van der Waals surface area contributed by atoms with Crippen molar-refractivity contribution in [3.63, 3.8) is 0 Å². The van der Waals surface area contributed by atoms with Gasteiger partial charge in [-0.2, -0.15) is 13.2 Å². The van der Waals surface area contributed by atoms with E-state index in [1.807, 2.05) is 4.72 Å². The van der Waals surface area contributed by atoms with Gasteiger partial charge in [0.15, 0.2) is 11.6 Å². The zero-order chi connectivity index (χ0) is 24.7. The number of pyridine rings is 1. The Morgan fingerprint density at radius 1 is 1.06 bits per heavy atom. The molecule has 6 nitrogen and oxygen atoms in total. The summed E-state index contributed by atoms with van der Waals surface area (Å²) in [6, 6.07) is 7.71. The average Bonchev–Trinajstić information content (AvgIpc) is 3.24. The topological polar surface area (TPSA) is 91.9 Å². The first-order chi connectivity index (χ1) is 16.0. The third-order valence-corrected chi connectivity index (χ3v) is 6.33. The summed E-state index contributed by atoms with van der Waals surface area (Å²) >= 11 is 0. The number of terminal acetylenes is 1. The first-order valence-corrected chi connectivity index (χ1v) is 11.0. The van der Waals surface area contributed by atoms with E-state index in [0.29, 0.717) is 28.7 Å². The molecule has 0 spiro atoms. The summed E-state index contributed by atoms with van der Waals surface area (Å²) in [5.74, 6) is 0.486. The molecule has 0 saturated carbocycles. The summed E-state index contributed by atoms with van der Waals surface area (Å²) in [4.78, 5) is 19.4. The molecule has 0 aliphatic rings. The lowest BCUT2D eigenvalue weighted by Gasteiger charge is -2.12. The Balaban J connectivity index is 1.69. The summed E-state index contributed by atoms with van der Waals surface area (Å²) in [6.07, 6.45) is 3.60.